The lowest BCUT2D eigenvalue weighted by molar-refractivity contribution is -0.163. The summed E-state index contributed by atoms with van der Waals surface area (Å²) in [6.07, 6.45) is -0.697. The van der Waals surface area contributed by atoms with Gasteiger partial charge in [0.1, 0.15) is 5.60 Å². The van der Waals surface area contributed by atoms with E-state index in [1.807, 2.05) is 45.0 Å². The van der Waals surface area contributed by atoms with E-state index in [1.165, 1.54) is 11.8 Å². The fraction of sp³-hybridized carbons (Fsp3) is 0.529. The zero-order valence-corrected chi connectivity index (χ0v) is 13.8. The van der Waals surface area contributed by atoms with Crippen LogP contribution in [0.2, 0.25) is 0 Å². The fourth-order valence-corrected chi connectivity index (χ4v) is 3.22. The van der Waals surface area contributed by atoms with Crippen molar-refractivity contribution in [2.24, 2.45) is 0 Å². The number of hydrogen-bond acceptors (Lipinski definition) is 5. The van der Waals surface area contributed by atoms with Crippen LogP contribution in [-0.2, 0) is 24.6 Å². The standard InChI is InChI=1S/C17H21NO5/c1-11(19)22-17-9-10-21-14(17)18(15(20)23-16(2,3)4)13-8-6-5-7-12(13)17/h5-8,14H,9-10H2,1-4H3/t14-,17+/m0/s1. The lowest BCUT2D eigenvalue weighted by atomic mass is 9.93. The maximum absolute atomic E-state index is 12.7. The average molecular weight is 319 g/mol. The van der Waals surface area contributed by atoms with Gasteiger partial charge in [-0.2, -0.15) is 0 Å². The van der Waals surface area contributed by atoms with Gasteiger partial charge in [-0.1, -0.05) is 18.2 Å². The second-order valence-corrected chi connectivity index (χ2v) is 6.82. The van der Waals surface area contributed by atoms with Gasteiger partial charge in [0.05, 0.1) is 12.3 Å². The molecule has 2 heterocycles. The third-order valence-electron chi connectivity index (χ3n) is 3.92. The molecule has 124 valence electrons. The Balaban J connectivity index is 2.06. The first-order valence-electron chi connectivity index (χ1n) is 7.67. The van der Waals surface area contributed by atoms with Gasteiger partial charge in [-0.25, -0.2) is 9.69 Å². The van der Waals surface area contributed by atoms with Gasteiger partial charge in [-0.05, 0) is 26.8 Å². The van der Waals surface area contributed by atoms with Crippen LogP contribution in [0.4, 0.5) is 10.5 Å². The van der Waals surface area contributed by atoms with Crippen LogP contribution < -0.4 is 4.90 Å². The van der Waals surface area contributed by atoms with E-state index in [1.54, 1.807) is 0 Å². The van der Waals surface area contributed by atoms with Crippen molar-refractivity contribution in [1.82, 2.24) is 0 Å². The molecule has 1 aromatic carbocycles. The summed E-state index contributed by atoms with van der Waals surface area (Å²) in [5, 5.41) is 0. The number of anilines is 1. The molecule has 1 amide bonds. The average Bonchev–Trinajstić information content (AvgIpc) is 2.91. The van der Waals surface area contributed by atoms with E-state index in [0.717, 1.165) is 5.56 Å². The Labute approximate surface area is 135 Å². The van der Waals surface area contributed by atoms with Gasteiger partial charge in [-0.3, -0.25) is 4.79 Å². The van der Waals surface area contributed by atoms with Crippen LogP contribution in [-0.4, -0.2) is 30.5 Å². The van der Waals surface area contributed by atoms with Gasteiger partial charge in [0.25, 0.3) is 0 Å². The van der Waals surface area contributed by atoms with Crippen LogP contribution in [0.5, 0.6) is 0 Å². The van der Waals surface area contributed by atoms with Gasteiger partial charge in [0.15, 0.2) is 11.8 Å². The summed E-state index contributed by atoms with van der Waals surface area (Å²) >= 11 is 0. The molecule has 0 N–H and O–H groups in total. The van der Waals surface area contributed by atoms with Crippen molar-refractivity contribution in [2.75, 3.05) is 11.5 Å². The van der Waals surface area contributed by atoms with Crippen molar-refractivity contribution in [1.29, 1.82) is 0 Å². The first-order valence-corrected chi connectivity index (χ1v) is 7.67. The van der Waals surface area contributed by atoms with Crippen LogP contribution in [0.3, 0.4) is 0 Å². The van der Waals surface area contributed by atoms with Gasteiger partial charge < -0.3 is 14.2 Å². The molecule has 0 aliphatic carbocycles. The van der Waals surface area contributed by atoms with Crippen molar-refractivity contribution < 1.29 is 23.8 Å². The number of hydrogen-bond donors (Lipinski definition) is 0. The lowest BCUT2D eigenvalue weighted by Gasteiger charge is -2.31. The minimum atomic E-state index is -0.959. The molecule has 0 bridgehead atoms. The summed E-state index contributed by atoms with van der Waals surface area (Å²) in [7, 11) is 0. The molecule has 1 fully saturated rings. The molecule has 3 rings (SSSR count). The van der Waals surface area contributed by atoms with Crippen molar-refractivity contribution in [3.05, 3.63) is 29.8 Å². The molecule has 2 aliphatic heterocycles. The maximum atomic E-state index is 12.7. The molecule has 0 unspecified atom stereocenters. The Bertz CT molecular complexity index is 651. The molecule has 0 aromatic heterocycles. The number of carbonyl (C=O) groups excluding carboxylic acids is 2. The number of nitrogens with zero attached hydrogens (tertiary/aromatic N) is 1. The van der Waals surface area contributed by atoms with E-state index < -0.39 is 29.5 Å². The van der Waals surface area contributed by atoms with Crippen LogP contribution in [0.25, 0.3) is 0 Å². The summed E-state index contributed by atoms with van der Waals surface area (Å²) in [5.74, 6) is -0.402. The summed E-state index contributed by atoms with van der Waals surface area (Å²) in [4.78, 5) is 25.8. The Kier molecular flexibility index (Phi) is 3.59. The number of esters is 1. The largest absolute Gasteiger partial charge is 0.449 e. The zero-order valence-electron chi connectivity index (χ0n) is 13.8. The molecule has 2 aliphatic rings. The van der Waals surface area contributed by atoms with Crippen LogP contribution >= 0.6 is 0 Å². The summed E-state index contributed by atoms with van der Waals surface area (Å²) in [5.41, 5.74) is -0.146. The topological polar surface area (TPSA) is 65.1 Å². The first kappa shape index (κ1) is 15.8. The minimum absolute atomic E-state index is 0.402. The number of ether oxygens (including phenoxy) is 3. The highest BCUT2D eigenvalue weighted by Gasteiger charge is 2.60. The highest BCUT2D eigenvalue weighted by atomic mass is 16.6. The van der Waals surface area contributed by atoms with Crippen molar-refractivity contribution in [3.8, 4) is 0 Å². The number of amides is 1. The van der Waals surface area contributed by atoms with Crippen molar-refractivity contribution in [3.63, 3.8) is 0 Å². The monoisotopic (exact) mass is 319 g/mol. The highest BCUT2D eigenvalue weighted by Crippen LogP contribution is 2.52. The Morgan fingerprint density at radius 3 is 2.65 bits per heavy atom. The quantitative estimate of drug-likeness (QED) is 0.745. The number of carbonyl (C=O) groups is 2. The van der Waals surface area contributed by atoms with E-state index in [-0.39, 0.29) is 0 Å². The second kappa shape index (κ2) is 5.23. The molecule has 1 aromatic rings. The molecule has 0 radical (unpaired) electrons. The normalized spacial score (nSPS) is 25.7. The summed E-state index contributed by atoms with van der Waals surface area (Å²) in [6, 6.07) is 7.37. The molecular weight excluding hydrogens is 298 g/mol. The number of rotatable bonds is 1. The molecule has 6 heteroatoms. The van der Waals surface area contributed by atoms with E-state index in [4.69, 9.17) is 14.2 Å². The Morgan fingerprint density at radius 2 is 2.00 bits per heavy atom. The SMILES string of the molecule is CC(=O)O[C@@]12CCO[C@@H]1N(C(=O)OC(C)(C)C)c1ccccc12. The number of benzene rings is 1. The first-order chi connectivity index (χ1) is 10.7. The molecule has 2 atom stereocenters. The van der Waals surface area contributed by atoms with Gasteiger partial charge in [0, 0.05) is 18.9 Å². The van der Waals surface area contributed by atoms with Gasteiger partial charge in [-0.15, -0.1) is 0 Å². The van der Waals surface area contributed by atoms with Gasteiger partial charge >= 0.3 is 12.1 Å². The molecule has 0 spiro atoms. The zero-order chi connectivity index (χ0) is 16.8. The highest BCUT2D eigenvalue weighted by molar-refractivity contribution is 5.92. The maximum Gasteiger partial charge on any atom is 0.417 e. The van der Waals surface area contributed by atoms with Crippen LogP contribution in [0.15, 0.2) is 24.3 Å². The van der Waals surface area contributed by atoms with Crippen molar-refractivity contribution in [2.45, 2.75) is 51.5 Å². The fourth-order valence-electron chi connectivity index (χ4n) is 3.22. The van der Waals surface area contributed by atoms with Crippen LogP contribution in [0.1, 0.15) is 39.7 Å². The van der Waals surface area contributed by atoms with E-state index in [0.29, 0.717) is 18.7 Å². The van der Waals surface area contributed by atoms with Gasteiger partial charge in [0.2, 0.25) is 0 Å². The molecule has 6 nitrogen and oxygen atoms in total. The molecular formula is C17H21NO5. The van der Waals surface area contributed by atoms with E-state index in [2.05, 4.69) is 0 Å². The predicted molar refractivity (Wildman–Crippen MR) is 83.0 cm³/mol. The van der Waals surface area contributed by atoms with E-state index in [9.17, 15) is 9.59 Å². The summed E-state index contributed by atoms with van der Waals surface area (Å²) in [6.45, 7) is 7.19. The Hall–Kier alpha value is -2.08. The molecule has 1 saturated heterocycles. The van der Waals surface area contributed by atoms with E-state index >= 15 is 0 Å². The Morgan fingerprint density at radius 1 is 1.30 bits per heavy atom. The number of fused-ring (bicyclic) bond motifs is 3. The third kappa shape index (κ3) is 2.57. The number of para-hydroxylation sites is 1. The lowest BCUT2D eigenvalue weighted by Crippen LogP contribution is -2.48. The smallest absolute Gasteiger partial charge is 0.417 e. The second-order valence-electron chi connectivity index (χ2n) is 6.82. The predicted octanol–water partition coefficient (Wildman–Crippen LogP) is 2.95. The summed E-state index contributed by atoms with van der Waals surface area (Å²) < 4.78 is 16.9. The molecule has 23 heavy (non-hydrogen) atoms. The van der Waals surface area contributed by atoms with Crippen LogP contribution in [0, 0.1) is 0 Å². The third-order valence-corrected chi connectivity index (χ3v) is 3.92. The molecule has 0 saturated carbocycles. The minimum Gasteiger partial charge on any atom is -0.449 e. The van der Waals surface area contributed by atoms with Crippen molar-refractivity contribution >= 4 is 17.7 Å².